The summed E-state index contributed by atoms with van der Waals surface area (Å²) in [6, 6.07) is 0. The van der Waals surface area contributed by atoms with Gasteiger partial charge in [-0.15, -0.1) is 4.39 Å². The van der Waals surface area contributed by atoms with Gasteiger partial charge in [0.25, 0.3) is 0 Å². The largest absolute Gasteiger partial charge is 0.495 e. The zero-order valence-electron chi connectivity index (χ0n) is 7.81. The maximum Gasteiger partial charge on any atom is 0.495 e. The fraction of sp³-hybridized carbons (Fsp3) is 0.889. The molecule has 0 aliphatic rings. The maximum atomic E-state index is 11.7. The lowest BCUT2D eigenvalue weighted by Gasteiger charge is -2.08. The number of carbonyl (C=O) groups excluding carboxylic acids is 1. The van der Waals surface area contributed by atoms with Crippen molar-refractivity contribution in [2.75, 3.05) is 0 Å². The summed E-state index contributed by atoms with van der Waals surface area (Å²) in [6.45, 7) is 3.84. The second-order valence-corrected chi connectivity index (χ2v) is 3.02. The lowest BCUT2D eigenvalue weighted by molar-refractivity contribution is 0.0789. The zero-order valence-corrected chi connectivity index (χ0v) is 7.81. The van der Waals surface area contributed by atoms with E-state index in [0.29, 0.717) is 0 Å². The quantitative estimate of drug-likeness (QED) is 0.457. The van der Waals surface area contributed by atoms with Crippen LogP contribution in [0.25, 0.3) is 0 Å². The minimum absolute atomic E-state index is 0.278. The summed E-state index contributed by atoms with van der Waals surface area (Å²) in [7, 11) is 0. The molecule has 0 bridgehead atoms. The summed E-state index contributed by atoms with van der Waals surface area (Å²) >= 11 is 0. The average Bonchev–Trinajstić information content (AvgIpc) is 1.97. The highest BCUT2D eigenvalue weighted by molar-refractivity contribution is 5.58. The lowest BCUT2D eigenvalue weighted by atomic mass is 10.1. The Morgan fingerprint density at radius 1 is 1.42 bits per heavy atom. The third kappa shape index (κ3) is 7.51. The Kier molecular flexibility index (Phi) is 6.72. The van der Waals surface area contributed by atoms with E-state index in [0.717, 1.165) is 19.3 Å². The summed E-state index contributed by atoms with van der Waals surface area (Å²) in [6.07, 6.45) is 3.31. The molecule has 0 amide bonds. The molecule has 3 heteroatoms. The maximum absolute atomic E-state index is 11.7. The minimum Gasteiger partial charge on any atom is -0.437 e. The number of hydrogen-bond acceptors (Lipinski definition) is 2. The third-order valence-electron chi connectivity index (χ3n) is 1.76. The number of hydrogen-bond donors (Lipinski definition) is 0. The number of unbranched alkanes of at least 4 members (excludes halogenated alkanes) is 3. The molecule has 0 aromatic heterocycles. The molecule has 0 N–H and O–H groups in total. The van der Waals surface area contributed by atoms with Gasteiger partial charge in [0, 0.05) is 0 Å². The van der Waals surface area contributed by atoms with Gasteiger partial charge in [0.1, 0.15) is 6.10 Å². The molecule has 0 aromatic rings. The zero-order chi connectivity index (χ0) is 9.40. The smallest absolute Gasteiger partial charge is 0.437 e. The topological polar surface area (TPSA) is 26.3 Å². The van der Waals surface area contributed by atoms with E-state index in [-0.39, 0.29) is 6.10 Å². The van der Waals surface area contributed by atoms with E-state index >= 15 is 0 Å². The van der Waals surface area contributed by atoms with Crippen LogP contribution in [0.2, 0.25) is 0 Å². The van der Waals surface area contributed by atoms with Gasteiger partial charge in [-0.05, 0) is 19.8 Å². The predicted molar refractivity (Wildman–Crippen MR) is 45.8 cm³/mol. The van der Waals surface area contributed by atoms with E-state index < -0.39 is 6.22 Å². The van der Waals surface area contributed by atoms with Gasteiger partial charge in [0.2, 0.25) is 0 Å². The van der Waals surface area contributed by atoms with Crippen molar-refractivity contribution in [2.45, 2.75) is 52.1 Å². The molecule has 1 atom stereocenters. The highest BCUT2D eigenvalue weighted by Gasteiger charge is 2.06. The second-order valence-electron chi connectivity index (χ2n) is 3.02. The van der Waals surface area contributed by atoms with Crippen LogP contribution in [0.5, 0.6) is 0 Å². The molecule has 72 valence electrons. The van der Waals surface area contributed by atoms with Crippen LogP contribution in [-0.2, 0) is 4.74 Å². The SMILES string of the molecule is CCCCCC[C@H](C)OC(=O)F. The van der Waals surface area contributed by atoms with E-state index in [1.54, 1.807) is 6.92 Å². The molecule has 0 saturated heterocycles. The van der Waals surface area contributed by atoms with Crippen molar-refractivity contribution in [3.8, 4) is 0 Å². The van der Waals surface area contributed by atoms with Gasteiger partial charge < -0.3 is 4.74 Å². The second kappa shape index (κ2) is 7.07. The third-order valence-corrected chi connectivity index (χ3v) is 1.76. The highest BCUT2D eigenvalue weighted by atomic mass is 19.1. The Bertz CT molecular complexity index is 126. The van der Waals surface area contributed by atoms with Gasteiger partial charge >= 0.3 is 6.22 Å². The first-order chi connectivity index (χ1) is 5.66. The van der Waals surface area contributed by atoms with Crippen molar-refractivity contribution in [2.24, 2.45) is 0 Å². The molecule has 0 saturated carbocycles. The molecule has 0 rings (SSSR count). The first-order valence-electron chi connectivity index (χ1n) is 4.53. The molecule has 0 unspecified atom stereocenters. The van der Waals surface area contributed by atoms with E-state index in [9.17, 15) is 9.18 Å². The fourth-order valence-electron chi connectivity index (χ4n) is 1.08. The standard InChI is InChI=1S/C9H17FO2/c1-3-4-5-6-7-8(2)12-9(10)11/h8H,3-7H2,1-2H3/t8-/m0/s1. The Morgan fingerprint density at radius 2 is 2.08 bits per heavy atom. The Hall–Kier alpha value is -0.600. The number of ether oxygens (including phenoxy) is 1. The summed E-state index contributed by atoms with van der Waals surface area (Å²) in [5, 5.41) is 0. The highest BCUT2D eigenvalue weighted by Crippen LogP contribution is 2.08. The van der Waals surface area contributed by atoms with Gasteiger partial charge in [0.05, 0.1) is 0 Å². The molecule has 2 nitrogen and oxygen atoms in total. The monoisotopic (exact) mass is 176 g/mol. The van der Waals surface area contributed by atoms with Gasteiger partial charge in [0.15, 0.2) is 0 Å². The summed E-state index contributed by atoms with van der Waals surface area (Å²) in [5.74, 6) is 0. The first kappa shape index (κ1) is 11.4. The van der Waals surface area contributed by atoms with Gasteiger partial charge in [-0.2, -0.15) is 0 Å². The molecular formula is C9H17FO2. The molecule has 0 aromatic carbocycles. The van der Waals surface area contributed by atoms with Crippen LogP contribution in [0, 0.1) is 0 Å². The van der Waals surface area contributed by atoms with Gasteiger partial charge in [-0.1, -0.05) is 26.2 Å². The Labute approximate surface area is 73.1 Å². The summed E-state index contributed by atoms with van der Waals surface area (Å²) < 4.78 is 16.0. The average molecular weight is 176 g/mol. The minimum atomic E-state index is -1.67. The molecule has 0 radical (unpaired) electrons. The van der Waals surface area contributed by atoms with Crippen LogP contribution in [0.15, 0.2) is 0 Å². The fourth-order valence-corrected chi connectivity index (χ4v) is 1.08. The van der Waals surface area contributed by atoms with Crippen LogP contribution in [0.3, 0.4) is 0 Å². The predicted octanol–water partition coefficient (Wildman–Crippen LogP) is 3.45. The van der Waals surface area contributed by atoms with Crippen molar-refractivity contribution in [3.05, 3.63) is 0 Å². The van der Waals surface area contributed by atoms with E-state index in [2.05, 4.69) is 11.7 Å². The van der Waals surface area contributed by atoms with E-state index in [4.69, 9.17) is 0 Å². The molecule has 12 heavy (non-hydrogen) atoms. The molecule has 0 aliphatic carbocycles. The van der Waals surface area contributed by atoms with Crippen molar-refractivity contribution in [1.29, 1.82) is 0 Å². The molecule has 0 heterocycles. The molecule has 0 fully saturated rings. The summed E-state index contributed by atoms with van der Waals surface area (Å²) in [5.41, 5.74) is 0. The van der Waals surface area contributed by atoms with Crippen LogP contribution < -0.4 is 0 Å². The van der Waals surface area contributed by atoms with E-state index in [1.165, 1.54) is 12.8 Å². The Morgan fingerprint density at radius 3 is 2.58 bits per heavy atom. The van der Waals surface area contributed by atoms with Gasteiger partial charge in [-0.25, -0.2) is 4.79 Å². The first-order valence-corrected chi connectivity index (χ1v) is 4.53. The molecule has 0 aliphatic heterocycles. The van der Waals surface area contributed by atoms with E-state index in [1.807, 2.05) is 0 Å². The van der Waals surface area contributed by atoms with Crippen molar-refractivity contribution >= 4 is 6.22 Å². The van der Waals surface area contributed by atoms with Gasteiger partial charge in [-0.3, -0.25) is 0 Å². The summed E-state index contributed by atoms with van der Waals surface area (Å²) in [4.78, 5) is 9.85. The number of halogens is 1. The van der Waals surface area contributed by atoms with Crippen molar-refractivity contribution < 1.29 is 13.9 Å². The van der Waals surface area contributed by atoms with Crippen LogP contribution in [-0.4, -0.2) is 12.3 Å². The molecular weight excluding hydrogens is 159 g/mol. The lowest BCUT2D eigenvalue weighted by Crippen LogP contribution is -2.09. The van der Waals surface area contributed by atoms with Crippen LogP contribution >= 0.6 is 0 Å². The number of rotatable bonds is 6. The Balaban J connectivity index is 3.19. The normalized spacial score (nSPS) is 12.6. The van der Waals surface area contributed by atoms with Crippen molar-refractivity contribution in [3.63, 3.8) is 0 Å². The molecule has 0 spiro atoms. The van der Waals surface area contributed by atoms with Crippen molar-refractivity contribution in [1.82, 2.24) is 0 Å². The number of carbonyl (C=O) groups is 1. The van der Waals surface area contributed by atoms with Crippen LogP contribution in [0.1, 0.15) is 46.0 Å². The van der Waals surface area contributed by atoms with Crippen LogP contribution in [0.4, 0.5) is 9.18 Å².